The largest absolute Gasteiger partial charge is 0.256 e. The van der Waals surface area contributed by atoms with Crippen molar-refractivity contribution in [1.29, 1.82) is 0 Å². The number of hydrogen-bond acceptors (Lipinski definition) is 3. The molecular formula is C31H29FN2S. The van der Waals surface area contributed by atoms with E-state index < -0.39 is 0 Å². The number of aromatic nitrogens is 2. The van der Waals surface area contributed by atoms with Crippen LogP contribution in [0.2, 0.25) is 0 Å². The maximum absolute atomic E-state index is 13.8. The van der Waals surface area contributed by atoms with Gasteiger partial charge in [-0.25, -0.2) is 9.37 Å². The Morgan fingerprint density at radius 1 is 0.857 bits per heavy atom. The second kappa shape index (κ2) is 8.83. The van der Waals surface area contributed by atoms with Crippen molar-refractivity contribution in [2.24, 2.45) is 5.92 Å². The molecule has 0 bridgehead atoms. The summed E-state index contributed by atoms with van der Waals surface area (Å²) in [4.78, 5) is 10.9. The van der Waals surface area contributed by atoms with Gasteiger partial charge in [-0.1, -0.05) is 31.7 Å². The number of benzene rings is 2. The summed E-state index contributed by atoms with van der Waals surface area (Å²) in [7, 11) is 0. The lowest BCUT2D eigenvalue weighted by molar-refractivity contribution is 0.544. The molecule has 1 aliphatic carbocycles. The minimum Gasteiger partial charge on any atom is -0.256 e. The standard InChI is InChI=1S/C31H29FN2S/c1-18-14-28(33-17-23(18)15-21-6-4-5-7-21)22-8-11-29-26(16-22)25-9-10-27(34-31(25)35-29)30-19(2)12-24(32)13-20(30)3/h8-14,16-17,21H,4-7,15H2,1-3H3. The third-order valence-electron chi connectivity index (χ3n) is 7.59. The highest BCUT2D eigenvalue weighted by molar-refractivity contribution is 7.25. The molecule has 6 rings (SSSR count). The Bertz CT molecular complexity index is 1550. The number of hydrogen-bond donors (Lipinski definition) is 0. The molecule has 0 radical (unpaired) electrons. The molecule has 1 saturated carbocycles. The van der Waals surface area contributed by atoms with Crippen molar-refractivity contribution in [3.63, 3.8) is 0 Å². The number of aryl methyl sites for hydroxylation is 3. The third kappa shape index (κ3) is 4.14. The first-order chi connectivity index (χ1) is 17.0. The lowest BCUT2D eigenvalue weighted by Gasteiger charge is -2.12. The van der Waals surface area contributed by atoms with Crippen molar-refractivity contribution in [1.82, 2.24) is 9.97 Å². The van der Waals surface area contributed by atoms with Crippen molar-refractivity contribution in [3.05, 3.63) is 82.8 Å². The highest BCUT2D eigenvalue weighted by Crippen LogP contribution is 2.38. The molecule has 0 saturated heterocycles. The van der Waals surface area contributed by atoms with Crippen LogP contribution in [0.3, 0.4) is 0 Å². The fraction of sp³-hybridized carbons (Fsp3) is 0.290. The molecular weight excluding hydrogens is 451 g/mol. The van der Waals surface area contributed by atoms with Gasteiger partial charge in [0.05, 0.1) is 11.4 Å². The van der Waals surface area contributed by atoms with E-state index in [1.54, 1.807) is 23.5 Å². The Balaban J connectivity index is 1.37. The molecule has 0 unspecified atom stereocenters. The minimum absolute atomic E-state index is 0.199. The van der Waals surface area contributed by atoms with Gasteiger partial charge in [0.1, 0.15) is 10.6 Å². The fourth-order valence-corrected chi connectivity index (χ4v) is 6.81. The topological polar surface area (TPSA) is 25.8 Å². The highest BCUT2D eigenvalue weighted by Gasteiger charge is 2.17. The van der Waals surface area contributed by atoms with Gasteiger partial charge in [-0.3, -0.25) is 4.98 Å². The van der Waals surface area contributed by atoms with Crippen LogP contribution in [0.15, 0.2) is 54.7 Å². The van der Waals surface area contributed by atoms with E-state index in [9.17, 15) is 4.39 Å². The lowest BCUT2D eigenvalue weighted by atomic mass is 9.95. The van der Waals surface area contributed by atoms with Crippen LogP contribution in [0, 0.1) is 32.5 Å². The first-order valence-electron chi connectivity index (χ1n) is 12.5. The summed E-state index contributed by atoms with van der Waals surface area (Å²) in [6.45, 7) is 6.11. The van der Waals surface area contributed by atoms with Crippen molar-refractivity contribution in [2.75, 3.05) is 0 Å². The summed E-state index contributed by atoms with van der Waals surface area (Å²) in [5.74, 6) is 0.629. The van der Waals surface area contributed by atoms with Gasteiger partial charge in [-0.05, 0) is 97.8 Å². The normalized spacial score (nSPS) is 14.4. The summed E-state index contributed by atoms with van der Waals surface area (Å²) >= 11 is 1.71. The van der Waals surface area contributed by atoms with Gasteiger partial charge in [-0.15, -0.1) is 11.3 Å². The van der Waals surface area contributed by atoms with Crippen LogP contribution in [0.5, 0.6) is 0 Å². The quantitative estimate of drug-likeness (QED) is 0.256. The second-order valence-corrected chi connectivity index (χ2v) is 11.2. The summed E-state index contributed by atoms with van der Waals surface area (Å²) < 4.78 is 15.0. The van der Waals surface area contributed by atoms with Crippen molar-refractivity contribution in [3.8, 4) is 22.5 Å². The first-order valence-corrected chi connectivity index (χ1v) is 13.3. The molecule has 1 aliphatic rings. The Kier molecular flexibility index (Phi) is 5.64. The smallest absolute Gasteiger partial charge is 0.125 e. The Labute approximate surface area is 209 Å². The average molecular weight is 481 g/mol. The number of halogens is 1. The number of thiophene rings is 1. The van der Waals surface area contributed by atoms with Gasteiger partial charge >= 0.3 is 0 Å². The highest BCUT2D eigenvalue weighted by atomic mass is 32.1. The van der Waals surface area contributed by atoms with Gasteiger partial charge in [0.2, 0.25) is 0 Å². The van der Waals surface area contributed by atoms with E-state index in [1.165, 1.54) is 46.9 Å². The van der Waals surface area contributed by atoms with Crippen LogP contribution < -0.4 is 0 Å². The number of fused-ring (bicyclic) bond motifs is 3. The molecule has 0 amide bonds. The first kappa shape index (κ1) is 22.4. The molecule has 3 aromatic heterocycles. The number of rotatable bonds is 4. The van der Waals surface area contributed by atoms with Crippen molar-refractivity contribution >= 4 is 31.6 Å². The van der Waals surface area contributed by atoms with Gasteiger partial charge in [0.25, 0.3) is 0 Å². The van der Waals surface area contributed by atoms with E-state index in [0.717, 1.165) is 56.2 Å². The second-order valence-electron chi connectivity index (χ2n) is 10.1. The van der Waals surface area contributed by atoms with Gasteiger partial charge in [0, 0.05) is 32.8 Å². The summed E-state index contributed by atoms with van der Waals surface area (Å²) in [5.41, 5.74) is 8.65. The molecule has 35 heavy (non-hydrogen) atoms. The predicted molar refractivity (Wildman–Crippen MR) is 146 cm³/mol. The summed E-state index contributed by atoms with van der Waals surface area (Å²) in [5, 5.41) is 2.37. The van der Waals surface area contributed by atoms with Gasteiger partial charge < -0.3 is 0 Å². The number of nitrogens with zero attached hydrogens (tertiary/aromatic N) is 2. The molecule has 2 nitrogen and oxygen atoms in total. The van der Waals surface area contributed by atoms with Crippen LogP contribution in [0.4, 0.5) is 4.39 Å². The maximum Gasteiger partial charge on any atom is 0.125 e. The zero-order valence-corrected chi connectivity index (χ0v) is 21.3. The van der Waals surface area contributed by atoms with E-state index in [2.05, 4.69) is 49.5 Å². The van der Waals surface area contributed by atoms with Crippen molar-refractivity contribution < 1.29 is 4.39 Å². The fourth-order valence-electron chi connectivity index (χ4n) is 5.75. The van der Waals surface area contributed by atoms with E-state index in [0.29, 0.717) is 0 Å². The number of pyridine rings is 2. The third-order valence-corrected chi connectivity index (χ3v) is 8.67. The SMILES string of the molecule is Cc1cc(-c2ccc3sc4nc(-c5c(C)cc(F)cc5C)ccc4c3c2)ncc1CC1CCCC1. The van der Waals surface area contributed by atoms with Gasteiger partial charge in [0.15, 0.2) is 0 Å². The molecule has 1 fully saturated rings. The molecule has 0 atom stereocenters. The molecule has 176 valence electrons. The van der Waals surface area contributed by atoms with E-state index >= 15 is 0 Å². The molecule has 5 aromatic rings. The molecule has 0 spiro atoms. The lowest BCUT2D eigenvalue weighted by Crippen LogP contribution is -2.02. The molecule has 2 aromatic carbocycles. The minimum atomic E-state index is -0.199. The van der Waals surface area contributed by atoms with E-state index in [1.807, 2.05) is 13.8 Å². The summed E-state index contributed by atoms with van der Waals surface area (Å²) in [6, 6.07) is 16.2. The van der Waals surface area contributed by atoms with Crippen LogP contribution in [-0.4, -0.2) is 9.97 Å². The Morgan fingerprint density at radius 2 is 1.63 bits per heavy atom. The van der Waals surface area contributed by atoms with Crippen LogP contribution in [-0.2, 0) is 6.42 Å². The molecule has 3 heterocycles. The summed E-state index contributed by atoms with van der Waals surface area (Å²) in [6.07, 6.45) is 8.74. The van der Waals surface area contributed by atoms with E-state index in [-0.39, 0.29) is 5.82 Å². The molecule has 0 N–H and O–H groups in total. The van der Waals surface area contributed by atoms with Crippen molar-refractivity contribution in [2.45, 2.75) is 52.9 Å². The molecule has 4 heteroatoms. The van der Waals surface area contributed by atoms with Crippen LogP contribution in [0.25, 0.3) is 42.8 Å². The van der Waals surface area contributed by atoms with Gasteiger partial charge in [-0.2, -0.15) is 0 Å². The van der Waals surface area contributed by atoms with E-state index in [4.69, 9.17) is 9.97 Å². The van der Waals surface area contributed by atoms with Crippen LogP contribution >= 0.6 is 11.3 Å². The maximum atomic E-state index is 13.8. The predicted octanol–water partition coefficient (Wildman–Crippen LogP) is 8.98. The zero-order valence-electron chi connectivity index (χ0n) is 20.5. The molecule has 0 aliphatic heterocycles. The average Bonchev–Trinajstić information content (AvgIpc) is 3.46. The van der Waals surface area contributed by atoms with Crippen LogP contribution in [0.1, 0.15) is 47.9 Å². The zero-order chi connectivity index (χ0) is 24.1. The Morgan fingerprint density at radius 3 is 2.37 bits per heavy atom. The Hall–Kier alpha value is -3.11. The monoisotopic (exact) mass is 480 g/mol.